The van der Waals surface area contributed by atoms with E-state index < -0.39 is 0 Å². The van der Waals surface area contributed by atoms with E-state index in [2.05, 4.69) is 29.8 Å². The van der Waals surface area contributed by atoms with Gasteiger partial charge < -0.3 is 4.90 Å². The monoisotopic (exact) mass is 348 g/mol. The Bertz CT molecular complexity index is 839. The second-order valence-electron chi connectivity index (χ2n) is 6.93. The maximum atomic E-state index is 12.5. The Labute approximate surface area is 154 Å². The molecular weight excluding hydrogens is 324 g/mol. The largest absolute Gasteiger partial charge is 0.337 e. The lowest BCUT2D eigenvalue weighted by atomic mass is 10.0. The van der Waals surface area contributed by atoms with Gasteiger partial charge in [-0.3, -0.25) is 14.7 Å². The van der Waals surface area contributed by atoms with Crippen LogP contribution in [0.15, 0.2) is 42.6 Å². The Kier molecular flexibility index (Phi) is 5.65. The lowest BCUT2D eigenvalue weighted by Gasteiger charge is -2.37. The van der Waals surface area contributed by atoms with Gasteiger partial charge in [-0.1, -0.05) is 38.1 Å². The van der Waals surface area contributed by atoms with Gasteiger partial charge in [0, 0.05) is 49.4 Å². The number of hydrogen-bond acceptors (Lipinski definition) is 4. The first-order chi connectivity index (χ1) is 12.6. The number of fused-ring (bicyclic) bond motifs is 1. The molecule has 2 aromatic rings. The van der Waals surface area contributed by atoms with E-state index in [4.69, 9.17) is 0 Å². The number of benzene rings is 1. The van der Waals surface area contributed by atoms with E-state index in [1.54, 1.807) is 12.3 Å². The molecule has 1 aromatic carbocycles. The highest BCUT2D eigenvalue weighted by molar-refractivity contribution is 5.95. The zero-order valence-electron chi connectivity index (χ0n) is 15.3. The standard InChI is InChI=1S/C21H24N4O/c1-16(2)19(15-22)24-11-13-25(14-12-24)20(26)9-8-18-6-3-5-17-7-4-10-23-21(17)18/h3-10,16,19H,11-14H2,1-2H3. The van der Waals surface area contributed by atoms with Crippen LogP contribution >= 0.6 is 0 Å². The Morgan fingerprint density at radius 2 is 1.92 bits per heavy atom. The molecule has 1 atom stereocenters. The number of nitriles is 1. The lowest BCUT2D eigenvalue weighted by molar-refractivity contribution is -0.127. The Balaban J connectivity index is 1.64. The highest BCUT2D eigenvalue weighted by Gasteiger charge is 2.26. The number of aromatic nitrogens is 1. The first-order valence-electron chi connectivity index (χ1n) is 9.04. The van der Waals surface area contributed by atoms with E-state index in [0.717, 1.165) is 29.6 Å². The van der Waals surface area contributed by atoms with Crippen LogP contribution in [0.25, 0.3) is 17.0 Å². The van der Waals surface area contributed by atoms with Crippen molar-refractivity contribution < 1.29 is 4.79 Å². The molecule has 0 N–H and O–H groups in total. The summed E-state index contributed by atoms with van der Waals surface area (Å²) in [4.78, 5) is 21.0. The van der Waals surface area contributed by atoms with Crippen LogP contribution in [0.1, 0.15) is 19.4 Å². The Morgan fingerprint density at radius 1 is 1.19 bits per heavy atom. The maximum Gasteiger partial charge on any atom is 0.246 e. The summed E-state index contributed by atoms with van der Waals surface area (Å²) in [5.41, 5.74) is 1.84. The van der Waals surface area contributed by atoms with Crippen molar-refractivity contribution in [1.29, 1.82) is 5.26 Å². The second-order valence-corrected chi connectivity index (χ2v) is 6.93. The van der Waals surface area contributed by atoms with Crippen LogP contribution in [-0.4, -0.2) is 52.9 Å². The van der Waals surface area contributed by atoms with Gasteiger partial charge in [-0.25, -0.2) is 0 Å². The van der Waals surface area contributed by atoms with Crippen molar-refractivity contribution in [3.05, 3.63) is 48.2 Å². The summed E-state index contributed by atoms with van der Waals surface area (Å²) in [5, 5.41) is 10.4. The molecule has 26 heavy (non-hydrogen) atoms. The Morgan fingerprint density at radius 3 is 2.62 bits per heavy atom. The molecule has 1 aromatic heterocycles. The molecule has 1 aliphatic rings. The molecule has 0 bridgehead atoms. The van der Waals surface area contributed by atoms with Gasteiger partial charge in [0.15, 0.2) is 0 Å². The minimum atomic E-state index is -0.0791. The molecule has 0 saturated carbocycles. The van der Waals surface area contributed by atoms with Crippen molar-refractivity contribution in [1.82, 2.24) is 14.8 Å². The van der Waals surface area contributed by atoms with Crippen molar-refractivity contribution >= 4 is 22.9 Å². The fourth-order valence-corrected chi connectivity index (χ4v) is 3.40. The third-order valence-electron chi connectivity index (χ3n) is 4.85. The number of carbonyl (C=O) groups excluding carboxylic acids is 1. The van der Waals surface area contributed by atoms with Gasteiger partial charge >= 0.3 is 0 Å². The predicted molar refractivity (Wildman–Crippen MR) is 103 cm³/mol. The molecule has 1 aliphatic heterocycles. The molecule has 1 amide bonds. The van der Waals surface area contributed by atoms with E-state index in [1.165, 1.54) is 0 Å². The van der Waals surface area contributed by atoms with Crippen LogP contribution < -0.4 is 0 Å². The van der Waals surface area contributed by atoms with Gasteiger partial charge in [-0.05, 0) is 18.1 Å². The summed E-state index contributed by atoms with van der Waals surface area (Å²) in [5.74, 6) is 0.302. The minimum Gasteiger partial charge on any atom is -0.337 e. The molecule has 0 spiro atoms. The second kappa shape index (κ2) is 8.11. The van der Waals surface area contributed by atoms with E-state index >= 15 is 0 Å². The smallest absolute Gasteiger partial charge is 0.246 e. The summed E-state index contributed by atoms with van der Waals surface area (Å²) in [6, 6.07) is 12.2. The molecule has 2 heterocycles. The third kappa shape index (κ3) is 3.92. The quantitative estimate of drug-likeness (QED) is 0.797. The van der Waals surface area contributed by atoms with Gasteiger partial charge in [-0.2, -0.15) is 5.26 Å². The summed E-state index contributed by atoms with van der Waals surface area (Å²) < 4.78 is 0. The lowest BCUT2D eigenvalue weighted by Crippen LogP contribution is -2.52. The van der Waals surface area contributed by atoms with Gasteiger partial charge in [0.2, 0.25) is 5.91 Å². The molecule has 5 nitrogen and oxygen atoms in total. The number of para-hydroxylation sites is 1. The fraction of sp³-hybridized carbons (Fsp3) is 0.381. The highest BCUT2D eigenvalue weighted by Crippen LogP contribution is 2.18. The van der Waals surface area contributed by atoms with E-state index in [0.29, 0.717) is 19.0 Å². The average molecular weight is 348 g/mol. The molecule has 1 unspecified atom stereocenters. The normalized spacial score (nSPS) is 16.9. The summed E-state index contributed by atoms with van der Waals surface area (Å²) in [6.45, 7) is 6.92. The summed E-state index contributed by atoms with van der Waals surface area (Å²) in [6.07, 6.45) is 5.24. The van der Waals surface area contributed by atoms with Crippen LogP contribution in [0.4, 0.5) is 0 Å². The van der Waals surface area contributed by atoms with Gasteiger partial charge in [0.05, 0.1) is 11.6 Å². The van der Waals surface area contributed by atoms with Crippen LogP contribution in [0.5, 0.6) is 0 Å². The number of carbonyl (C=O) groups is 1. The number of hydrogen-bond donors (Lipinski definition) is 0. The zero-order valence-corrected chi connectivity index (χ0v) is 15.3. The van der Waals surface area contributed by atoms with Crippen LogP contribution in [0, 0.1) is 17.2 Å². The van der Waals surface area contributed by atoms with Crippen LogP contribution in [0.2, 0.25) is 0 Å². The first-order valence-corrected chi connectivity index (χ1v) is 9.04. The topological polar surface area (TPSA) is 60.2 Å². The number of nitrogens with zero attached hydrogens (tertiary/aromatic N) is 4. The van der Waals surface area contributed by atoms with Crippen molar-refractivity contribution in [3.63, 3.8) is 0 Å². The zero-order chi connectivity index (χ0) is 18.5. The SMILES string of the molecule is CC(C)C(C#N)N1CCN(C(=O)C=Cc2cccc3cccnc23)CC1. The maximum absolute atomic E-state index is 12.5. The molecule has 1 fully saturated rings. The van der Waals surface area contributed by atoms with Gasteiger partial charge in [0.1, 0.15) is 6.04 Å². The van der Waals surface area contributed by atoms with Crippen molar-refractivity contribution in [2.24, 2.45) is 5.92 Å². The van der Waals surface area contributed by atoms with Gasteiger partial charge in [-0.15, -0.1) is 0 Å². The van der Waals surface area contributed by atoms with Crippen molar-refractivity contribution in [2.75, 3.05) is 26.2 Å². The van der Waals surface area contributed by atoms with Crippen LogP contribution in [0.3, 0.4) is 0 Å². The average Bonchev–Trinajstić information content (AvgIpc) is 2.67. The number of piperazine rings is 1. The molecule has 0 aliphatic carbocycles. The highest BCUT2D eigenvalue weighted by atomic mass is 16.2. The third-order valence-corrected chi connectivity index (χ3v) is 4.85. The van der Waals surface area contributed by atoms with E-state index in [-0.39, 0.29) is 11.9 Å². The van der Waals surface area contributed by atoms with Gasteiger partial charge in [0.25, 0.3) is 0 Å². The minimum absolute atomic E-state index is 0.00985. The molecule has 134 valence electrons. The van der Waals surface area contributed by atoms with E-state index in [1.807, 2.05) is 41.3 Å². The summed E-state index contributed by atoms with van der Waals surface area (Å²) in [7, 11) is 0. The number of amides is 1. The van der Waals surface area contributed by atoms with Crippen molar-refractivity contribution in [2.45, 2.75) is 19.9 Å². The first kappa shape index (κ1) is 18.1. The number of rotatable bonds is 4. The molecule has 1 saturated heterocycles. The van der Waals surface area contributed by atoms with Crippen molar-refractivity contribution in [3.8, 4) is 6.07 Å². The van der Waals surface area contributed by atoms with Crippen LogP contribution in [-0.2, 0) is 4.79 Å². The number of pyridine rings is 1. The van der Waals surface area contributed by atoms with E-state index in [9.17, 15) is 10.1 Å². The Hall–Kier alpha value is -2.71. The predicted octanol–water partition coefficient (Wildman–Crippen LogP) is 2.94. The molecule has 3 rings (SSSR count). The molecule has 0 radical (unpaired) electrons. The molecule has 5 heteroatoms. The summed E-state index contributed by atoms with van der Waals surface area (Å²) >= 11 is 0. The molecular formula is C21H24N4O. The fourth-order valence-electron chi connectivity index (χ4n) is 3.40.